The fourth-order valence-electron chi connectivity index (χ4n) is 3.85. The van der Waals surface area contributed by atoms with E-state index in [-0.39, 0.29) is 0 Å². The van der Waals surface area contributed by atoms with Crippen molar-refractivity contribution in [3.8, 4) is 11.5 Å². The van der Waals surface area contributed by atoms with Gasteiger partial charge in [0, 0.05) is 38.3 Å². The maximum absolute atomic E-state index is 6.06. The first-order valence-electron chi connectivity index (χ1n) is 10.7. The van der Waals surface area contributed by atoms with E-state index in [1.807, 2.05) is 42.5 Å². The standard InChI is InChI=1S/C26H27BrN2O2S/c1-30-24-17-22(16-23(27)25(24)31-19-21-10-6-3-7-11-21)26(32)29-14-12-28(13-15-29)18-20-8-4-2-5-9-20/h2-11,16-17H,12-15,18-19H2,1H3. The maximum Gasteiger partial charge on any atom is 0.175 e. The monoisotopic (exact) mass is 510 g/mol. The lowest BCUT2D eigenvalue weighted by molar-refractivity contribution is 0.177. The Bertz CT molecular complexity index is 1040. The molecule has 0 N–H and O–H groups in total. The van der Waals surface area contributed by atoms with Crippen molar-refractivity contribution in [2.24, 2.45) is 0 Å². The molecule has 1 heterocycles. The van der Waals surface area contributed by atoms with Crippen molar-refractivity contribution in [1.29, 1.82) is 0 Å². The molecule has 6 heteroatoms. The highest BCUT2D eigenvalue weighted by molar-refractivity contribution is 9.10. The van der Waals surface area contributed by atoms with Crippen molar-refractivity contribution >= 4 is 33.1 Å². The lowest BCUT2D eigenvalue weighted by Gasteiger charge is -2.36. The molecule has 0 amide bonds. The third-order valence-electron chi connectivity index (χ3n) is 5.61. The van der Waals surface area contributed by atoms with Crippen LogP contribution in [0.1, 0.15) is 16.7 Å². The highest BCUT2D eigenvalue weighted by Crippen LogP contribution is 2.37. The zero-order valence-corrected chi connectivity index (χ0v) is 20.6. The van der Waals surface area contributed by atoms with Crippen LogP contribution in [0.4, 0.5) is 0 Å². The predicted octanol–water partition coefficient (Wildman–Crippen LogP) is 5.53. The molecule has 0 bridgehead atoms. The van der Waals surface area contributed by atoms with Crippen molar-refractivity contribution in [3.05, 3.63) is 94.0 Å². The Kier molecular flexibility index (Phi) is 7.79. The molecule has 0 spiro atoms. The summed E-state index contributed by atoms with van der Waals surface area (Å²) in [6.45, 7) is 5.27. The quantitative estimate of drug-likeness (QED) is 0.389. The van der Waals surface area contributed by atoms with Gasteiger partial charge in [-0.1, -0.05) is 72.9 Å². The normalized spacial score (nSPS) is 14.2. The minimum atomic E-state index is 0.475. The third-order valence-corrected chi connectivity index (χ3v) is 6.69. The molecule has 0 aliphatic carbocycles. The first kappa shape index (κ1) is 22.8. The van der Waals surface area contributed by atoms with Gasteiger partial charge < -0.3 is 14.4 Å². The van der Waals surface area contributed by atoms with Gasteiger partial charge in [-0.25, -0.2) is 0 Å². The molecule has 4 nitrogen and oxygen atoms in total. The van der Waals surface area contributed by atoms with Crippen molar-refractivity contribution in [2.75, 3.05) is 33.3 Å². The molecule has 1 aliphatic rings. The van der Waals surface area contributed by atoms with Crippen LogP contribution in [-0.2, 0) is 13.2 Å². The second-order valence-electron chi connectivity index (χ2n) is 7.82. The molecule has 32 heavy (non-hydrogen) atoms. The van der Waals surface area contributed by atoms with Gasteiger partial charge in [-0.15, -0.1) is 0 Å². The minimum absolute atomic E-state index is 0.475. The molecule has 166 valence electrons. The summed E-state index contributed by atoms with van der Waals surface area (Å²) in [6.07, 6.45) is 0. The number of methoxy groups -OCH3 is 1. The number of ether oxygens (including phenoxy) is 2. The summed E-state index contributed by atoms with van der Waals surface area (Å²) in [5.74, 6) is 1.37. The molecule has 0 unspecified atom stereocenters. The molecule has 4 rings (SSSR count). The molecular formula is C26H27BrN2O2S. The summed E-state index contributed by atoms with van der Waals surface area (Å²) < 4.78 is 12.5. The average molecular weight is 511 g/mol. The Balaban J connectivity index is 1.40. The van der Waals surface area contributed by atoms with Gasteiger partial charge in [0.05, 0.1) is 11.6 Å². The topological polar surface area (TPSA) is 24.9 Å². The molecule has 0 atom stereocenters. The highest BCUT2D eigenvalue weighted by Gasteiger charge is 2.22. The van der Waals surface area contributed by atoms with Crippen LogP contribution < -0.4 is 9.47 Å². The van der Waals surface area contributed by atoms with E-state index in [0.29, 0.717) is 18.1 Å². The Labute approximate surface area is 203 Å². The van der Waals surface area contributed by atoms with Crippen LogP contribution in [0.15, 0.2) is 77.3 Å². The third kappa shape index (κ3) is 5.68. The lowest BCUT2D eigenvalue weighted by atomic mass is 10.1. The maximum atomic E-state index is 6.06. The smallest absolute Gasteiger partial charge is 0.175 e. The van der Waals surface area contributed by atoms with E-state index < -0.39 is 0 Å². The van der Waals surface area contributed by atoms with Crippen LogP contribution in [0.25, 0.3) is 0 Å². The van der Waals surface area contributed by atoms with E-state index in [4.69, 9.17) is 21.7 Å². The number of nitrogens with zero attached hydrogens (tertiary/aromatic N) is 2. The second-order valence-corrected chi connectivity index (χ2v) is 9.06. The number of rotatable bonds is 7. The zero-order valence-electron chi connectivity index (χ0n) is 18.2. The SMILES string of the molecule is COc1cc(C(=S)N2CCN(Cc3ccccc3)CC2)cc(Br)c1OCc1ccccc1. The van der Waals surface area contributed by atoms with Gasteiger partial charge in [-0.3, -0.25) is 4.90 Å². The summed E-state index contributed by atoms with van der Waals surface area (Å²) in [6, 6.07) is 24.7. The molecule has 0 saturated carbocycles. The van der Waals surface area contributed by atoms with Gasteiger partial charge in [-0.05, 0) is 39.2 Å². The molecule has 3 aromatic carbocycles. The average Bonchev–Trinajstić information content (AvgIpc) is 2.84. The van der Waals surface area contributed by atoms with E-state index in [1.54, 1.807) is 7.11 Å². The Morgan fingerprint density at radius 2 is 1.53 bits per heavy atom. The van der Waals surface area contributed by atoms with E-state index in [2.05, 4.69) is 56.1 Å². The van der Waals surface area contributed by atoms with Gasteiger partial charge in [0.2, 0.25) is 0 Å². The van der Waals surface area contributed by atoms with Crippen LogP contribution >= 0.6 is 28.1 Å². The second kappa shape index (κ2) is 10.9. The van der Waals surface area contributed by atoms with Crippen molar-refractivity contribution in [1.82, 2.24) is 9.80 Å². The van der Waals surface area contributed by atoms with Crippen LogP contribution in [0.3, 0.4) is 0 Å². The Morgan fingerprint density at radius 1 is 0.906 bits per heavy atom. The lowest BCUT2D eigenvalue weighted by Crippen LogP contribution is -2.48. The van der Waals surface area contributed by atoms with Gasteiger partial charge in [0.1, 0.15) is 11.6 Å². The van der Waals surface area contributed by atoms with Crippen LogP contribution in [0.2, 0.25) is 0 Å². The first-order chi connectivity index (χ1) is 15.6. The summed E-state index contributed by atoms with van der Waals surface area (Å²) in [5, 5.41) is 0. The minimum Gasteiger partial charge on any atom is -0.493 e. The van der Waals surface area contributed by atoms with Crippen molar-refractivity contribution in [2.45, 2.75) is 13.2 Å². The van der Waals surface area contributed by atoms with Gasteiger partial charge in [0.25, 0.3) is 0 Å². The Hall–Kier alpha value is -2.41. The van der Waals surface area contributed by atoms with E-state index in [9.17, 15) is 0 Å². The molecule has 0 aromatic heterocycles. The molecule has 1 saturated heterocycles. The van der Waals surface area contributed by atoms with Crippen molar-refractivity contribution < 1.29 is 9.47 Å². The van der Waals surface area contributed by atoms with Gasteiger partial charge >= 0.3 is 0 Å². The Morgan fingerprint density at radius 3 is 2.16 bits per heavy atom. The van der Waals surface area contributed by atoms with Gasteiger partial charge in [0.15, 0.2) is 11.5 Å². The van der Waals surface area contributed by atoms with Crippen LogP contribution in [0, 0.1) is 0 Å². The fourth-order valence-corrected chi connectivity index (χ4v) is 4.70. The summed E-state index contributed by atoms with van der Waals surface area (Å²) in [7, 11) is 1.66. The number of thiocarbonyl (C=S) groups is 1. The molecule has 0 radical (unpaired) electrons. The number of halogens is 1. The zero-order chi connectivity index (χ0) is 22.3. The highest BCUT2D eigenvalue weighted by atomic mass is 79.9. The van der Waals surface area contributed by atoms with E-state index in [0.717, 1.165) is 53.3 Å². The predicted molar refractivity (Wildman–Crippen MR) is 136 cm³/mol. The molecule has 1 fully saturated rings. The van der Waals surface area contributed by atoms with Gasteiger partial charge in [-0.2, -0.15) is 0 Å². The summed E-state index contributed by atoms with van der Waals surface area (Å²) >= 11 is 9.51. The number of hydrogen-bond acceptors (Lipinski definition) is 4. The molecular weight excluding hydrogens is 484 g/mol. The number of benzene rings is 3. The van der Waals surface area contributed by atoms with Crippen LogP contribution in [0.5, 0.6) is 11.5 Å². The molecule has 1 aliphatic heterocycles. The first-order valence-corrected chi connectivity index (χ1v) is 11.9. The fraction of sp³-hybridized carbons (Fsp3) is 0.269. The molecule has 3 aromatic rings. The van der Waals surface area contributed by atoms with E-state index in [1.165, 1.54) is 5.56 Å². The van der Waals surface area contributed by atoms with E-state index >= 15 is 0 Å². The number of piperazine rings is 1. The summed E-state index contributed by atoms with van der Waals surface area (Å²) in [4.78, 5) is 5.60. The van der Waals surface area contributed by atoms with Crippen molar-refractivity contribution in [3.63, 3.8) is 0 Å². The number of hydrogen-bond donors (Lipinski definition) is 0. The summed E-state index contributed by atoms with van der Waals surface area (Å²) in [5.41, 5.74) is 3.42. The van der Waals surface area contributed by atoms with Crippen LogP contribution in [-0.4, -0.2) is 48.1 Å². The largest absolute Gasteiger partial charge is 0.493 e.